The van der Waals surface area contributed by atoms with Gasteiger partial charge in [0, 0.05) is 0 Å². The Hall–Kier alpha value is -2.47. The molecule has 6 aromatic carbocycles. The van der Waals surface area contributed by atoms with Crippen LogP contribution in [0.3, 0.4) is 0 Å². The number of halogens is 2. The summed E-state index contributed by atoms with van der Waals surface area (Å²) in [5.74, 6) is 0. The summed E-state index contributed by atoms with van der Waals surface area (Å²) in [5.41, 5.74) is 12.5. The molecule has 188 valence electrons. The maximum Gasteiger partial charge on any atom is -0.0465 e. The first-order valence-electron chi connectivity index (χ1n) is 12.3. The van der Waals surface area contributed by atoms with E-state index in [4.69, 9.17) is 0 Å². The Bertz CT molecular complexity index is 1260. The first kappa shape index (κ1) is 27.1. The molecule has 0 nitrogen and oxygen atoms in total. The SMILES string of the molecule is [I][Rh+][I].c1ccc(-c2c(-c3ccccc3)c(-c3ccccc3)[c-](-c3ccccc3)c2-c2ccccc2)cc1. The summed E-state index contributed by atoms with van der Waals surface area (Å²) in [6.07, 6.45) is 0. The molecule has 38 heavy (non-hydrogen) atoms. The van der Waals surface area contributed by atoms with Crippen LogP contribution < -0.4 is 0 Å². The number of hydrogen-bond donors (Lipinski definition) is 0. The van der Waals surface area contributed by atoms with Crippen LogP contribution in [0.15, 0.2) is 152 Å². The van der Waals surface area contributed by atoms with Crippen molar-refractivity contribution >= 4 is 39.5 Å². The molecule has 0 N–H and O–H groups in total. The summed E-state index contributed by atoms with van der Waals surface area (Å²) in [4.78, 5) is 0. The van der Waals surface area contributed by atoms with Gasteiger partial charge >= 0.3 is 49.6 Å². The zero-order valence-corrected chi connectivity index (χ0v) is 26.5. The summed E-state index contributed by atoms with van der Waals surface area (Å²) in [5, 5.41) is 0. The minimum Gasteiger partial charge on any atom is -0.0999 e. The molecule has 0 amide bonds. The Labute approximate surface area is 254 Å². The number of hydrogen-bond acceptors (Lipinski definition) is 0. The van der Waals surface area contributed by atoms with Crippen molar-refractivity contribution in [3.63, 3.8) is 0 Å². The predicted molar refractivity (Wildman–Crippen MR) is 177 cm³/mol. The monoisotopic (exact) mass is 802 g/mol. The van der Waals surface area contributed by atoms with E-state index in [-0.39, 0.29) is 0 Å². The molecular weight excluding hydrogens is 777 g/mol. The largest absolute Gasteiger partial charge is 0.0999 e. The zero-order valence-electron chi connectivity index (χ0n) is 20.5. The van der Waals surface area contributed by atoms with Crippen LogP contribution in [0.5, 0.6) is 0 Å². The van der Waals surface area contributed by atoms with Gasteiger partial charge in [-0.15, -0.1) is 0 Å². The molecule has 0 heterocycles. The fourth-order valence-corrected chi connectivity index (χ4v) is 5.09. The quantitative estimate of drug-likeness (QED) is 0.0925. The van der Waals surface area contributed by atoms with Gasteiger partial charge in [0.25, 0.3) is 0 Å². The molecule has 6 rings (SSSR count). The van der Waals surface area contributed by atoms with Gasteiger partial charge in [0.05, 0.1) is 0 Å². The van der Waals surface area contributed by atoms with Crippen LogP contribution in [-0.4, -0.2) is 0 Å². The standard InChI is InChI=1S/C35H25.2HI.Rh/c1-6-16-26(17-7-1)31-32(27-18-8-2-9-19-27)34(29-22-12-4-13-23-29)35(30-24-14-5-15-25-30)33(31)28-20-10-3-11-21-28;;;/h1-25H;2*1H;/q-1;;;+3/p-2. The number of rotatable bonds is 5. The van der Waals surface area contributed by atoms with Gasteiger partial charge in [-0.3, -0.25) is 0 Å². The third-order valence-corrected chi connectivity index (χ3v) is 6.56. The molecule has 0 bridgehead atoms. The van der Waals surface area contributed by atoms with Crippen LogP contribution in [0.4, 0.5) is 0 Å². The van der Waals surface area contributed by atoms with Crippen LogP contribution in [0.25, 0.3) is 55.6 Å². The predicted octanol–water partition coefficient (Wildman–Crippen LogP) is 11.5. The summed E-state index contributed by atoms with van der Waals surface area (Å²) in [6, 6.07) is 54.1. The van der Waals surface area contributed by atoms with Crippen molar-refractivity contribution in [1.82, 2.24) is 0 Å². The minimum atomic E-state index is 0.770. The molecule has 0 saturated heterocycles. The van der Waals surface area contributed by atoms with E-state index in [9.17, 15) is 0 Å². The molecular formula is C35H25I2Rh. The minimum absolute atomic E-state index is 0.770. The van der Waals surface area contributed by atoms with Crippen LogP contribution in [0.2, 0.25) is 0 Å². The second kappa shape index (κ2) is 13.6. The van der Waals surface area contributed by atoms with E-state index < -0.39 is 0 Å². The van der Waals surface area contributed by atoms with Crippen LogP contribution in [0.1, 0.15) is 0 Å². The fourth-order valence-electron chi connectivity index (χ4n) is 5.09. The fraction of sp³-hybridized carbons (Fsp3) is 0. The summed E-state index contributed by atoms with van der Waals surface area (Å²) in [6.45, 7) is 0. The molecule has 0 fully saturated rings. The molecule has 0 aromatic heterocycles. The third kappa shape index (κ3) is 5.90. The van der Waals surface area contributed by atoms with E-state index >= 15 is 0 Å². The Balaban J connectivity index is 0.000000937. The molecule has 0 aliphatic carbocycles. The third-order valence-electron chi connectivity index (χ3n) is 6.56. The van der Waals surface area contributed by atoms with E-state index in [1.807, 2.05) is 0 Å². The average molecular weight is 802 g/mol. The average Bonchev–Trinajstić information content (AvgIpc) is 3.36. The molecule has 0 atom stereocenters. The van der Waals surface area contributed by atoms with Crippen molar-refractivity contribution in [3.05, 3.63) is 152 Å². The Morgan fingerprint density at radius 3 is 0.947 bits per heavy atom. The van der Waals surface area contributed by atoms with Crippen molar-refractivity contribution in [2.24, 2.45) is 0 Å². The van der Waals surface area contributed by atoms with E-state index in [0.29, 0.717) is 0 Å². The van der Waals surface area contributed by atoms with Crippen molar-refractivity contribution < 1.29 is 10.1 Å². The molecule has 0 unspecified atom stereocenters. The van der Waals surface area contributed by atoms with Crippen molar-refractivity contribution in [1.29, 1.82) is 0 Å². The van der Waals surface area contributed by atoms with Crippen LogP contribution in [0, 0.1) is 0 Å². The van der Waals surface area contributed by atoms with Gasteiger partial charge in [0.15, 0.2) is 0 Å². The Morgan fingerprint density at radius 1 is 0.368 bits per heavy atom. The van der Waals surface area contributed by atoms with Gasteiger partial charge in [0.2, 0.25) is 0 Å². The molecule has 6 aromatic rings. The van der Waals surface area contributed by atoms with Gasteiger partial charge in [-0.25, -0.2) is 0 Å². The van der Waals surface area contributed by atoms with Crippen molar-refractivity contribution in [2.75, 3.05) is 0 Å². The Kier molecular flexibility index (Phi) is 9.67. The first-order chi connectivity index (χ1) is 18.8. The molecule has 3 heteroatoms. The summed E-state index contributed by atoms with van der Waals surface area (Å²) >= 11 is 4.69. The summed E-state index contributed by atoms with van der Waals surface area (Å²) < 4.78 is 0. The van der Waals surface area contributed by atoms with Gasteiger partial charge < -0.3 is 0 Å². The molecule has 0 saturated carbocycles. The van der Waals surface area contributed by atoms with E-state index in [2.05, 4.69) is 191 Å². The maximum atomic E-state index is 2.35. The molecule has 0 radical (unpaired) electrons. The van der Waals surface area contributed by atoms with Gasteiger partial charge in [0.1, 0.15) is 0 Å². The van der Waals surface area contributed by atoms with Gasteiger partial charge in [-0.2, -0.15) is 0 Å². The van der Waals surface area contributed by atoms with Crippen molar-refractivity contribution in [3.8, 4) is 55.6 Å². The first-order valence-corrected chi connectivity index (χ1v) is 22.1. The van der Waals surface area contributed by atoms with E-state index in [1.165, 1.54) is 55.6 Å². The second-order valence-electron chi connectivity index (χ2n) is 8.75. The van der Waals surface area contributed by atoms with Crippen LogP contribution in [-0.2, 0) is 10.1 Å². The van der Waals surface area contributed by atoms with E-state index in [0.717, 1.165) is 10.1 Å². The van der Waals surface area contributed by atoms with Crippen LogP contribution >= 0.6 is 39.5 Å². The molecule has 0 aliphatic heterocycles. The zero-order chi connectivity index (χ0) is 26.2. The molecule has 0 spiro atoms. The summed E-state index contributed by atoms with van der Waals surface area (Å²) in [7, 11) is 0.770. The van der Waals surface area contributed by atoms with Gasteiger partial charge in [-0.1, -0.05) is 196 Å². The topological polar surface area (TPSA) is 0 Å². The smallest absolute Gasteiger partial charge is 0.0465 e. The normalized spacial score (nSPS) is 10.6. The second-order valence-corrected chi connectivity index (χ2v) is 21.4. The van der Waals surface area contributed by atoms with Crippen molar-refractivity contribution in [2.45, 2.75) is 0 Å². The van der Waals surface area contributed by atoms with Gasteiger partial charge in [-0.05, 0) is 11.1 Å². The molecule has 0 aliphatic rings. The number of benzene rings is 5. The maximum absolute atomic E-state index is 2.35. The van der Waals surface area contributed by atoms with E-state index in [1.54, 1.807) is 0 Å². The Morgan fingerprint density at radius 2 is 0.632 bits per heavy atom.